The molecule has 5 heterocycles. The van der Waals surface area contributed by atoms with Crippen LogP contribution in [-0.2, 0) is 0 Å². The van der Waals surface area contributed by atoms with Gasteiger partial charge in [-0.15, -0.1) is 12.8 Å². The molecule has 3 aliphatic heterocycles. The molecule has 0 unspecified atom stereocenters. The molecule has 0 amide bonds. The van der Waals surface area contributed by atoms with Gasteiger partial charge in [0.05, 0.1) is 20.3 Å². The van der Waals surface area contributed by atoms with Gasteiger partial charge < -0.3 is 25.0 Å². The Labute approximate surface area is 282 Å². The maximum atomic E-state index is 17.2. The number of hydrogen-bond donors (Lipinski definition) is 2. The van der Waals surface area contributed by atoms with Crippen LogP contribution in [0, 0.1) is 47.7 Å². The van der Waals surface area contributed by atoms with Crippen molar-refractivity contribution in [3.05, 3.63) is 47.2 Å². The molecule has 248 valence electrons. The van der Waals surface area contributed by atoms with Crippen LogP contribution in [0.3, 0.4) is 0 Å². The number of halogens is 4. The van der Waals surface area contributed by atoms with E-state index in [2.05, 4.69) is 32.1 Å². The molecule has 4 atom stereocenters. The van der Waals surface area contributed by atoms with Crippen molar-refractivity contribution in [3.8, 4) is 47.7 Å². The van der Waals surface area contributed by atoms with Crippen LogP contribution in [0.25, 0.3) is 32.9 Å². The summed E-state index contributed by atoms with van der Waals surface area (Å²) in [4.78, 5) is 16.0. The summed E-state index contributed by atoms with van der Waals surface area (Å²) in [6.45, 7) is -4.58. The molecule has 48 heavy (non-hydrogen) atoms. The van der Waals surface area contributed by atoms with E-state index in [4.69, 9.17) is 24.4 Å². The smallest absolute Gasteiger partial charge is 0.319 e. The molecule has 3 saturated heterocycles. The van der Waals surface area contributed by atoms with Gasteiger partial charge in [-0.3, -0.25) is 0 Å². The maximum absolute atomic E-state index is 17.2. The second-order valence-corrected chi connectivity index (χ2v) is 12.8. The molecule has 2 bridgehead atoms. The lowest BCUT2D eigenvalue weighted by molar-refractivity contribution is -0.0679. The highest BCUT2D eigenvalue weighted by Gasteiger charge is 2.44. The van der Waals surface area contributed by atoms with Crippen molar-refractivity contribution >= 4 is 27.5 Å². The molecule has 8 nitrogen and oxygen atoms in total. The topological polar surface area (TPSA) is 86.6 Å². The zero-order chi connectivity index (χ0) is 38.2. The molecule has 0 saturated carbocycles. The Morgan fingerprint density at radius 1 is 1.12 bits per heavy atom. The number of alkyl halides is 2. The van der Waals surface area contributed by atoms with Crippen molar-refractivity contribution in [1.82, 2.24) is 25.2 Å². The molecule has 0 aliphatic carbocycles. The van der Waals surface area contributed by atoms with Crippen molar-refractivity contribution in [1.29, 1.82) is 0 Å². The van der Waals surface area contributed by atoms with Crippen LogP contribution in [0.5, 0.6) is 11.8 Å². The van der Waals surface area contributed by atoms with Crippen LogP contribution in [0.4, 0.5) is 23.4 Å². The first-order valence-electron chi connectivity index (χ1n) is 18.0. The van der Waals surface area contributed by atoms with Gasteiger partial charge in [0.15, 0.2) is 5.82 Å². The Bertz CT molecular complexity index is 2220. The van der Waals surface area contributed by atoms with Crippen LogP contribution in [0.2, 0.25) is 0 Å². The van der Waals surface area contributed by atoms with E-state index < -0.39 is 66.7 Å². The minimum absolute atomic E-state index is 0.0151. The Balaban J connectivity index is 1.45. The van der Waals surface area contributed by atoms with Crippen LogP contribution in [0.1, 0.15) is 44.3 Å². The second-order valence-electron chi connectivity index (χ2n) is 12.8. The van der Waals surface area contributed by atoms with Gasteiger partial charge in [-0.1, -0.05) is 18.9 Å². The number of nitrogens with one attached hydrogen (secondary N) is 1. The molecule has 12 heteroatoms. The van der Waals surface area contributed by atoms with E-state index in [1.54, 1.807) is 0 Å². The zero-order valence-corrected chi connectivity index (χ0v) is 25.8. The Morgan fingerprint density at radius 2 is 1.90 bits per heavy atom. The van der Waals surface area contributed by atoms with Crippen molar-refractivity contribution < 1.29 is 34.3 Å². The Hall–Kier alpha value is -4.65. The van der Waals surface area contributed by atoms with Crippen LogP contribution in [0.15, 0.2) is 24.3 Å². The highest BCUT2D eigenvalue weighted by Crippen LogP contribution is 2.42. The molecule has 2 aromatic heterocycles. The number of aromatic nitrogens is 3. The Kier molecular flexibility index (Phi) is 6.64. The summed E-state index contributed by atoms with van der Waals surface area (Å²) >= 11 is 0. The number of phenols is 1. The number of aromatic hydroxyl groups is 1. The summed E-state index contributed by atoms with van der Waals surface area (Å²) < 4.78 is 109. The van der Waals surface area contributed by atoms with E-state index in [9.17, 15) is 18.3 Å². The fraction of sp³-hybridized carbons (Fsp3) is 0.417. The van der Waals surface area contributed by atoms with Gasteiger partial charge in [0.1, 0.15) is 34.3 Å². The predicted molar refractivity (Wildman–Crippen MR) is 175 cm³/mol. The molecular weight excluding hydrogens is 624 g/mol. The van der Waals surface area contributed by atoms with E-state index in [1.165, 1.54) is 19.1 Å². The molecule has 4 aromatic rings. The highest BCUT2D eigenvalue weighted by molar-refractivity contribution is 6.04. The molecule has 0 spiro atoms. The van der Waals surface area contributed by atoms with Crippen molar-refractivity contribution in [2.24, 2.45) is 11.3 Å². The number of ether oxygens (including phenoxy) is 1. The number of anilines is 1. The van der Waals surface area contributed by atoms with Gasteiger partial charge in [-0.05, 0) is 62.3 Å². The fourth-order valence-electron chi connectivity index (χ4n) is 7.30. The number of benzene rings is 2. The summed E-state index contributed by atoms with van der Waals surface area (Å²) in [6.07, 6.45) is 9.97. The normalized spacial score (nSPS) is 26.4. The van der Waals surface area contributed by atoms with Gasteiger partial charge >= 0.3 is 6.01 Å². The quantitative estimate of drug-likeness (QED) is 0.212. The number of nitrogens with zero attached hydrogens (tertiary/aromatic N) is 5. The van der Waals surface area contributed by atoms with Crippen molar-refractivity contribution in [2.45, 2.75) is 44.7 Å². The summed E-state index contributed by atoms with van der Waals surface area (Å²) in [5.74, 6) is 0.954. The third-order valence-electron chi connectivity index (χ3n) is 9.58. The summed E-state index contributed by atoms with van der Waals surface area (Å²) in [6, 6.07) is 4.29. The average molecular weight is 664 g/mol. The standard InChI is InChI=1S/C36H34F4N6O2/c1-5-23-26(37)10-7-19-13-22(47)14-24(28(19)23)31-30(38)32-29(27(6-2)42-31)34(46-15-20-8-9-21(16-46)41-20)44-35(43-32)48-18-36(3)17-45(4)12-11-25(36)33(39)40/h1-2,7,10,13-14,20-21,25,33,41,47H,8-9,11-12,15-18H2,3-4H3/t20-,21+,25-,36+/m1/s1/i4D3,18D2. The van der Waals surface area contributed by atoms with Crippen LogP contribution < -0.4 is 15.0 Å². The van der Waals surface area contributed by atoms with E-state index in [1.807, 2.05) is 4.90 Å². The molecule has 0 radical (unpaired) electrons. The third-order valence-corrected chi connectivity index (χ3v) is 9.58. The number of piperazine rings is 1. The highest BCUT2D eigenvalue weighted by atomic mass is 19.3. The van der Waals surface area contributed by atoms with Crippen molar-refractivity contribution in [3.63, 3.8) is 0 Å². The number of likely N-dealkylation sites (tertiary alicyclic amines) is 1. The second kappa shape index (κ2) is 12.1. The molecule has 2 aromatic carbocycles. The molecule has 3 aliphatic rings. The van der Waals surface area contributed by atoms with Gasteiger partial charge in [0.2, 0.25) is 6.43 Å². The van der Waals surface area contributed by atoms with E-state index in [-0.39, 0.29) is 69.6 Å². The third kappa shape index (κ3) is 5.43. The maximum Gasteiger partial charge on any atom is 0.319 e. The first-order chi connectivity index (χ1) is 24.9. The number of terminal acetylenes is 2. The van der Waals surface area contributed by atoms with Gasteiger partial charge in [-0.2, -0.15) is 9.97 Å². The zero-order valence-electron chi connectivity index (χ0n) is 30.8. The lowest BCUT2D eigenvalue weighted by atomic mass is 9.73. The largest absolute Gasteiger partial charge is 0.508 e. The van der Waals surface area contributed by atoms with Gasteiger partial charge in [0.25, 0.3) is 0 Å². The number of fused-ring (bicyclic) bond motifs is 4. The number of phenolic OH excluding ortho intramolecular Hbond substituents is 1. The average Bonchev–Trinajstić information content (AvgIpc) is 3.43. The van der Waals surface area contributed by atoms with Crippen molar-refractivity contribution in [2.75, 3.05) is 44.6 Å². The monoisotopic (exact) mass is 663 g/mol. The number of hydrogen-bond acceptors (Lipinski definition) is 8. The summed E-state index contributed by atoms with van der Waals surface area (Å²) in [5, 5.41) is 14.4. The summed E-state index contributed by atoms with van der Waals surface area (Å²) in [5.41, 5.74) is -3.50. The minimum atomic E-state index is -3.03. The first-order valence-corrected chi connectivity index (χ1v) is 15.5. The number of rotatable bonds is 6. The van der Waals surface area contributed by atoms with E-state index in [0.29, 0.717) is 13.1 Å². The van der Waals surface area contributed by atoms with Gasteiger partial charge in [-0.25, -0.2) is 22.5 Å². The lowest BCUT2D eigenvalue weighted by Crippen LogP contribution is -2.51. The fourth-order valence-corrected chi connectivity index (χ4v) is 7.30. The molecular formula is C36H34F4N6O2. The summed E-state index contributed by atoms with van der Waals surface area (Å²) in [7, 11) is 0. The minimum Gasteiger partial charge on any atom is -0.508 e. The Morgan fingerprint density at radius 3 is 2.58 bits per heavy atom. The molecule has 7 rings (SSSR count). The number of pyridine rings is 1. The van der Waals surface area contributed by atoms with E-state index >= 15 is 4.39 Å². The van der Waals surface area contributed by atoms with Crippen LogP contribution in [-0.4, -0.2) is 83.2 Å². The molecule has 2 N–H and O–H groups in total. The van der Waals surface area contributed by atoms with E-state index in [0.717, 1.165) is 29.9 Å². The lowest BCUT2D eigenvalue weighted by Gasteiger charge is -2.44. The van der Waals surface area contributed by atoms with Crippen LogP contribution >= 0.6 is 0 Å². The molecule has 3 fully saturated rings. The van der Waals surface area contributed by atoms with Gasteiger partial charge in [0, 0.05) is 58.1 Å². The predicted octanol–water partition coefficient (Wildman–Crippen LogP) is 5.33. The SMILES string of the molecule is [2H]C([2H])([2H])N1CC[C@H](C(F)F)[C@](C)(C([2H])([2H])Oc2nc(N3C[C@H]4CC[C@@H](C3)N4)c3c(C#C)nc(-c4cc(O)cc5ccc(F)c(C#C)c45)c(F)c3n2)C1. The number of piperidine rings is 1. The first kappa shape index (κ1) is 26.3.